The molecule has 0 saturated carbocycles. The Morgan fingerprint density at radius 3 is 2.45 bits per heavy atom. The van der Waals surface area contributed by atoms with Gasteiger partial charge in [0.1, 0.15) is 5.75 Å². The van der Waals surface area contributed by atoms with E-state index in [0.717, 1.165) is 11.1 Å². The van der Waals surface area contributed by atoms with E-state index < -0.39 is 0 Å². The molecule has 1 aromatic rings. The van der Waals surface area contributed by atoms with E-state index in [-0.39, 0.29) is 5.75 Å². The van der Waals surface area contributed by atoms with Crippen LogP contribution in [0.25, 0.3) is 0 Å². The summed E-state index contributed by atoms with van der Waals surface area (Å²) >= 11 is 0. The normalized spacial score (nSPS) is 9.64. The fraction of sp³-hybridized carbons (Fsp3) is 0.222. The number of rotatable bonds is 1. The highest BCUT2D eigenvalue weighted by atomic mass is 16.3. The van der Waals surface area contributed by atoms with Crippen LogP contribution in [0.2, 0.25) is 0 Å². The molecule has 0 heterocycles. The van der Waals surface area contributed by atoms with Crippen molar-refractivity contribution in [2.24, 2.45) is 0 Å². The lowest BCUT2D eigenvalue weighted by molar-refractivity contribution is 0.112. The Morgan fingerprint density at radius 2 is 2.00 bits per heavy atom. The van der Waals surface area contributed by atoms with Gasteiger partial charge in [0.05, 0.1) is 5.56 Å². The molecule has 11 heavy (non-hydrogen) atoms. The van der Waals surface area contributed by atoms with Crippen molar-refractivity contribution in [2.75, 3.05) is 0 Å². The topological polar surface area (TPSA) is 37.3 Å². The lowest BCUT2D eigenvalue weighted by Gasteiger charge is -2.03. The van der Waals surface area contributed by atoms with Crippen molar-refractivity contribution < 1.29 is 9.90 Å². The Kier molecular flexibility index (Phi) is 1.94. The zero-order valence-electron chi connectivity index (χ0n) is 6.59. The molecular weight excluding hydrogens is 140 g/mol. The number of aromatic hydroxyl groups is 1. The van der Waals surface area contributed by atoms with Crippen molar-refractivity contribution in [1.29, 1.82) is 0 Å². The van der Waals surface area contributed by atoms with Crippen LogP contribution >= 0.6 is 0 Å². The smallest absolute Gasteiger partial charge is 0.154 e. The van der Waals surface area contributed by atoms with Crippen LogP contribution in [0.3, 0.4) is 0 Å². The largest absolute Gasteiger partial charge is 0.507 e. The number of benzene rings is 1. The van der Waals surface area contributed by atoms with Crippen LogP contribution in [0, 0.1) is 13.8 Å². The fourth-order valence-corrected chi connectivity index (χ4v) is 0.972. The minimum Gasteiger partial charge on any atom is -0.507 e. The summed E-state index contributed by atoms with van der Waals surface area (Å²) in [5, 5.41) is 9.18. The standard InChI is InChI=1S/C9H10O2/c1-6-3-4-9(11)8(5-10)7(6)2/h3-5,11H,1-2H3. The third-order valence-electron chi connectivity index (χ3n) is 1.88. The van der Waals surface area contributed by atoms with Crippen molar-refractivity contribution >= 4 is 6.29 Å². The zero-order chi connectivity index (χ0) is 8.43. The zero-order valence-corrected chi connectivity index (χ0v) is 6.59. The van der Waals surface area contributed by atoms with Gasteiger partial charge in [0.2, 0.25) is 0 Å². The Bertz CT molecular complexity index is 290. The number of phenols is 1. The maximum absolute atomic E-state index is 10.4. The molecule has 0 bridgehead atoms. The molecule has 58 valence electrons. The Hall–Kier alpha value is -1.31. The third kappa shape index (κ3) is 1.24. The van der Waals surface area contributed by atoms with Gasteiger partial charge in [-0.1, -0.05) is 6.07 Å². The molecule has 0 radical (unpaired) electrons. The second-order valence-corrected chi connectivity index (χ2v) is 2.56. The van der Waals surface area contributed by atoms with Crippen molar-refractivity contribution in [3.05, 3.63) is 28.8 Å². The van der Waals surface area contributed by atoms with Crippen molar-refractivity contribution in [3.8, 4) is 5.75 Å². The minimum atomic E-state index is 0.0584. The van der Waals surface area contributed by atoms with E-state index in [1.165, 1.54) is 6.07 Å². The van der Waals surface area contributed by atoms with Gasteiger partial charge >= 0.3 is 0 Å². The number of carbonyl (C=O) groups is 1. The van der Waals surface area contributed by atoms with Gasteiger partial charge < -0.3 is 5.11 Å². The monoisotopic (exact) mass is 150 g/mol. The first-order valence-corrected chi connectivity index (χ1v) is 3.41. The van der Waals surface area contributed by atoms with E-state index in [2.05, 4.69) is 0 Å². The van der Waals surface area contributed by atoms with Gasteiger partial charge in [-0.3, -0.25) is 4.79 Å². The minimum absolute atomic E-state index is 0.0584. The number of aldehydes is 1. The summed E-state index contributed by atoms with van der Waals surface area (Å²) in [6, 6.07) is 3.32. The van der Waals surface area contributed by atoms with Crippen LogP contribution in [0.15, 0.2) is 12.1 Å². The molecule has 0 amide bonds. The molecular formula is C9H10O2. The summed E-state index contributed by atoms with van der Waals surface area (Å²) in [4.78, 5) is 10.4. The SMILES string of the molecule is Cc1ccc(O)c(C=O)c1C. The molecule has 0 fully saturated rings. The first-order chi connectivity index (χ1) is 5.16. The third-order valence-corrected chi connectivity index (χ3v) is 1.88. The van der Waals surface area contributed by atoms with Crippen molar-refractivity contribution in [2.45, 2.75) is 13.8 Å². The number of hydrogen-bond acceptors (Lipinski definition) is 2. The lowest BCUT2D eigenvalue weighted by Crippen LogP contribution is -1.89. The Morgan fingerprint density at radius 1 is 1.36 bits per heavy atom. The van der Waals surface area contributed by atoms with Gasteiger partial charge in [-0.05, 0) is 31.0 Å². The van der Waals surface area contributed by atoms with Gasteiger partial charge in [-0.25, -0.2) is 0 Å². The van der Waals surface area contributed by atoms with E-state index in [1.54, 1.807) is 6.07 Å². The van der Waals surface area contributed by atoms with Gasteiger partial charge in [-0.15, -0.1) is 0 Å². The molecule has 1 aromatic carbocycles. The Balaban J connectivity index is 3.40. The predicted octanol–water partition coefficient (Wildman–Crippen LogP) is 1.82. The summed E-state index contributed by atoms with van der Waals surface area (Å²) in [5.41, 5.74) is 2.26. The molecule has 0 unspecified atom stereocenters. The molecule has 2 heteroatoms. The average molecular weight is 150 g/mol. The Labute approximate surface area is 65.5 Å². The molecule has 0 spiro atoms. The summed E-state index contributed by atoms with van der Waals surface area (Å²) < 4.78 is 0. The second kappa shape index (κ2) is 2.74. The number of hydrogen-bond donors (Lipinski definition) is 1. The lowest BCUT2D eigenvalue weighted by atomic mass is 10.0. The van der Waals surface area contributed by atoms with Gasteiger partial charge in [-0.2, -0.15) is 0 Å². The molecule has 1 rings (SSSR count). The molecule has 1 N–H and O–H groups in total. The molecule has 0 aliphatic rings. The molecule has 0 aromatic heterocycles. The van der Waals surface area contributed by atoms with Crippen molar-refractivity contribution in [3.63, 3.8) is 0 Å². The maximum Gasteiger partial charge on any atom is 0.154 e. The summed E-state index contributed by atoms with van der Waals surface area (Å²) in [6.45, 7) is 3.72. The van der Waals surface area contributed by atoms with Crippen molar-refractivity contribution in [1.82, 2.24) is 0 Å². The average Bonchev–Trinajstić information content (AvgIpc) is 1.99. The highest BCUT2D eigenvalue weighted by Crippen LogP contribution is 2.20. The van der Waals surface area contributed by atoms with Crippen LogP contribution in [-0.2, 0) is 0 Å². The number of phenolic OH excluding ortho intramolecular Hbond substituents is 1. The maximum atomic E-state index is 10.4. The quantitative estimate of drug-likeness (QED) is 0.620. The van der Waals surface area contributed by atoms with E-state index in [0.29, 0.717) is 11.8 Å². The van der Waals surface area contributed by atoms with Gasteiger partial charge in [0.25, 0.3) is 0 Å². The first-order valence-electron chi connectivity index (χ1n) is 3.41. The summed E-state index contributed by atoms with van der Waals surface area (Å²) in [6.07, 6.45) is 0.678. The molecule has 0 aliphatic carbocycles. The highest BCUT2D eigenvalue weighted by Gasteiger charge is 2.04. The van der Waals surface area contributed by atoms with E-state index in [4.69, 9.17) is 0 Å². The summed E-state index contributed by atoms with van der Waals surface area (Å²) in [5.74, 6) is 0.0584. The van der Waals surface area contributed by atoms with Gasteiger partial charge in [0.15, 0.2) is 6.29 Å². The van der Waals surface area contributed by atoms with E-state index in [9.17, 15) is 9.90 Å². The molecule has 0 atom stereocenters. The van der Waals surface area contributed by atoms with E-state index >= 15 is 0 Å². The number of carbonyl (C=O) groups excluding carboxylic acids is 1. The second-order valence-electron chi connectivity index (χ2n) is 2.56. The van der Waals surface area contributed by atoms with Crippen LogP contribution in [0.1, 0.15) is 21.5 Å². The van der Waals surface area contributed by atoms with Gasteiger partial charge in [0, 0.05) is 0 Å². The van der Waals surface area contributed by atoms with Crippen LogP contribution in [-0.4, -0.2) is 11.4 Å². The van der Waals surface area contributed by atoms with Crippen LogP contribution in [0.5, 0.6) is 5.75 Å². The summed E-state index contributed by atoms with van der Waals surface area (Å²) in [7, 11) is 0. The predicted molar refractivity (Wildman–Crippen MR) is 43.0 cm³/mol. The van der Waals surface area contributed by atoms with Crippen LogP contribution in [0.4, 0.5) is 0 Å². The van der Waals surface area contributed by atoms with E-state index in [1.807, 2.05) is 13.8 Å². The number of aryl methyl sites for hydroxylation is 1. The molecule has 2 nitrogen and oxygen atoms in total. The van der Waals surface area contributed by atoms with Crippen LogP contribution < -0.4 is 0 Å². The fourth-order valence-electron chi connectivity index (χ4n) is 0.972. The molecule has 0 saturated heterocycles. The first kappa shape index (κ1) is 7.79. The molecule has 0 aliphatic heterocycles. The highest BCUT2D eigenvalue weighted by molar-refractivity contribution is 5.81.